The third-order valence-corrected chi connectivity index (χ3v) is 4.50. The molecule has 0 aromatic heterocycles. The van der Waals surface area contributed by atoms with Gasteiger partial charge in [0.2, 0.25) is 5.91 Å². The molecule has 0 spiro atoms. The summed E-state index contributed by atoms with van der Waals surface area (Å²) in [7, 11) is 1.56. The Bertz CT molecular complexity index is 650. The Morgan fingerprint density at radius 2 is 2.33 bits per heavy atom. The Morgan fingerprint density at radius 3 is 3.19 bits per heavy atom. The summed E-state index contributed by atoms with van der Waals surface area (Å²) in [4.78, 5) is 17.5. The zero-order chi connectivity index (χ0) is 14.7. The molecule has 1 amide bonds. The molecule has 1 aromatic rings. The number of rotatable bonds is 3. The molecule has 3 rings (SSSR count). The number of carbonyl (C=O) groups excluding carboxylic acids is 1. The second-order valence-electron chi connectivity index (χ2n) is 4.92. The Kier molecular flexibility index (Phi) is 4.10. The van der Waals surface area contributed by atoms with Gasteiger partial charge in [0.25, 0.3) is 0 Å². The number of thioether (sulfide) groups is 1. The van der Waals surface area contributed by atoms with Crippen LogP contribution in [0.4, 0.5) is 5.69 Å². The lowest BCUT2D eigenvalue weighted by Crippen LogP contribution is -2.19. The summed E-state index contributed by atoms with van der Waals surface area (Å²) in [6, 6.07) is 6.24. The maximum Gasteiger partial charge on any atom is 0.234 e. The van der Waals surface area contributed by atoms with E-state index in [1.165, 1.54) is 5.56 Å². The van der Waals surface area contributed by atoms with E-state index in [1.54, 1.807) is 18.9 Å². The Morgan fingerprint density at radius 1 is 1.43 bits per heavy atom. The van der Waals surface area contributed by atoms with Crippen LogP contribution < -0.4 is 5.32 Å². The van der Waals surface area contributed by atoms with Crippen molar-refractivity contribution in [1.29, 1.82) is 0 Å². The first-order chi connectivity index (χ1) is 10.3. The van der Waals surface area contributed by atoms with E-state index in [-0.39, 0.29) is 11.8 Å². The summed E-state index contributed by atoms with van der Waals surface area (Å²) in [6.45, 7) is 0. The molecule has 21 heavy (non-hydrogen) atoms. The SMILES string of the molecule is CON=C1C=CC=CC1Cc1ccc2c(c1)NC(=O)CS2. The van der Waals surface area contributed by atoms with E-state index in [1.807, 2.05) is 18.2 Å². The highest BCUT2D eigenvalue weighted by Gasteiger charge is 2.18. The summed E-state index contributed by atoms with van der Waals surface area (Å²) in [5, 5.41) is 6.99. The van der Waals surface area contributed by atoms with Gasteiger partial charge in [-0.1, -0.05) is 29.5 Å². The highest BCUT2D eigenvalue weighted by Crippen LogP contribution is 2.32. The Hall–Kier alpha value is -2.01. The number of allylic oxidation sites excluding steroid dienone is 4. The van der Waals surface area contributed by atoms with Gasteiger partial charge in [0.05, 0.1) is 17.2 Å². The second kappa shape index (κ2) is 6.18. The number of fused-ring (bicyclic) bond motifs is 1. The highest BCUT2D eigenvalue weighted by atomic mass is 32.2. The first-order valence-electron chi connectivity index (χ1n) is 6.78. The summed E-state index contributed by atoms with van der Waals surface area (Å²) >= 11 is 1.58. The third-order valence-electron chi connectivity index (χ3n) is 3.43. The summed E-state index contributed by atoms with van der Waals surface area (Å²) in [5.41, 5.74) is 3.00. The summed E-state index contributed by atoms with van der Waals surface area (Å²) in [5.74, 6) is 0.749. The zero-order valence-electron chi connectivity index (χ0n) is 11.7. The van der Waals surface area contributed by atoms with Crippen LogP contribution in [0.2, 0.25) is 0 Å². The average Bonchev–Trinajstić information content (AvgIpc) is 2.49. The van der Waals surface area contributed by atoms with E-state index in [0.717, 1.165) is 22.7 Å². The minimum atomic E-state index is 0.0618. The van der Waals surface area contributed by atoms with Gasteiger partial charge < -0.3 is 10.2 Å². The molecule has 1 N–H and O–H groups in total. The normalized spacial score (nSPS) is 22.0. The number of carbonyl (C=O) groups is 1. The van der Waals surface area contributed by atoms with Crippen LogP contribution in [0.15, 0.2) is 52.6 Å². The summed E-state index contributed by atoms with van der Waals surface area (Å²) in [6.07, 6.45) is 8.89. The molecule has 0 radical (unpaired) electrons. The van der Waals surface area contributed by atoms with Crippen LogP contribution in [0.25, 0.3) is 0 Å². The quantitative estimate of drug-likeness (QED) is 0.873. The monoisotopic (exact) mass is 300 g/mol. The van der Waals surface area contributed by atoms with Crippen molar-refractivity contribution in [3.8, 4) is 0 Å². The van der Waals surface area contributed by atoms with Gasteiger partial charge in [-0.2, -0.15) is 0 Å². The molecular formula is C16H16N2O2S. The van der Waals surface area contributed by atoms with E-state index in [2.05, 4.69) is 34.7 Å². The molecule has 1 unspecified atom stereocenters. The summed E-state index contributed by atoms with van der Waals surface area (Å²) < 4.78 is 0. The minimum Gasteiger partial charge on any atom is -0.399 e. The van der Waals surface area contributed by atoms with Gasteiger partial charge in [0.1, 0.15) is 7.11 Å². The number of hydrogen-bond donors (Lipinski definition) is 1. The number of hydrogen-bond acceptors (Lipinski definition) is 4. The Balaban J connectivity index is 1.80. The molecule has 4 nitrogen and oxygen atoms in total. The van der Waals surface area contributed by atoms with Crippen LogP contribution in [0.3, 0.4) is 0 Å². The number of oxime groups is 1. The first-order valence-corrected chi connectivity index (χ1v) is 7.76. The lowest BCUT2D eigenvalue weighted by molar-refractivity contribution is -0.113. The molecule has 1 aromatic carbocycles. The van der Waals surface area contributed by atoms with Crippen molar-refractivity contribution < 1.29 is 9.63 Å². The van der Waals surface area contributed by atoms with Crippen molar-refractivity contribution >= 4 is 29.1 Å². The van der Waals surface area contributed by atoms with E-state index in [9.17, 15) is 4.79 Å². The van der Waals surface area contributed by atoms with Crippen LogP contribution in [-0.2, 0) is 16.1 Å². The smallest absolute Gasteiger partial charge is 0.234 e. The van der Waals surface area contributed by atoms with Crippen LogP contribution in [-0.4, -0.2) is 24.5 Å². The van der Waals surface area contributed by atoms with Gasteiger partial charge in [0, 0.05) is 10.8 Å². The number of amides is 1. The fourth-order valence-corrected chi connectivity index (χ4v) is 3.25. The van der Waals surface area contributed by atoms with E-state index < -0.39 is 0 Å². The van der Waals surface area contributed by atoms with Gasteiger partial charge in [0.15, 0.2) is 0 Å². The van der Waals surface area contributed by atoms with Gasteiger partial charge in [-0.15, -0.1) is 11.8 Å². The van der Waals surface area contributed by atoms with Gasteiger partial charge in [-0.3, -0.25) is 4.79 Å². The van der Waals surface area contributed by atoms with Gasteiger partial charge in [-0.25, -0.2) is 0 Å². The zero-order valence-corrected chi connectivity index (χ0v) is 12.5. The highest BCUT2D eigenvalue weighted by molar-refractivity contribution is 8.00. The number of nitrogens with zero attached hydrogens (tertiary/aromatic N) is 1. The van der Waals surface area contributed by atoms with Crippen LogP contribution in [0.5, 0.6) is 0 Å². The third kappa shape index (κ3) is 3.19. The van der Waals surface area contributed by atoms with Crippen molar-refractivity contribution in [3.05, 3.63) is 48.1 Å². The molecule has 5 heteroatoms. The molecule has 108 valence electrons. The first kappa shape index (κ1) is 13.9. The maximum absolute atomic E-state index is 11.5. The van der Waals surface area contributed by atoms with Crippen LogP contribution in [0.1, 0.15) is 5.56 Å². The second-order valence-corrected chi connectivity index (χ2v) is 5.94. The molecule has 1 aliphatic heterocycles. The lowest BCUT2D eigenvalue weighted by atomic mass is 9.91. The number of nitrogens with one attached hydrogen (secondary N) is 1. The van der Waals surface area contributed by atoms with Gasteiger partial charge >= 0.3 is 0 Å². The minimum absolute atomic E-state index is 0.0618. The van der Waals surface area contributed by atoms with E-state index >= 15 is 0 Å². The van der Waals surface area contributed by atoms with Crippen LogP contribution >= 0.6 is 11.8 Å². The molecular weight excluding hydrogens is 284 g/mol. The Labute approximate surface area is 127 Å². The predicted molar refractivity (Wildman–Crippen MR) is 85.7 cm³/mol. The lowest BCUT2D eigenvalue weighted by Gasteiger charge is -2.19. The van der Waals surface area contributed by atoms with Crippen molar-refractivity contribution in [3.63, 3.8) is 0 Å². The average molecular weight is 300 g/mol. The fraction of sp³-hybridized carbons (Fsp3) is 0.250. The molecule has 1 aliphatic carbocycles. The standard InChI is InChI=1S/C16H16N2O2S/c1-20-18-13-5-3-2-4-12(13)8-11-6-7-15-14(9-11)17-16(19)10-21-15/h2-7,9,12H,8,10H2,1H3,(H,17,19). The maximum atomic E-state index is 11.5. The number of benzene rings is 1. The topological polar surface area (TPSA) is 50.7 Å². The van der Waals surface area contributed by atoms with Crippen LogP contribution in [0, 0.1) is 5.92 Å². The van der Waals surface area contributed by atoms with E-state index in [4.69, 9.17) is 4.84 Å². The largest absolute Gasteiger partial charge is 0.399 e. The van der Waals surface area contributed by atoms with Crippen molar-refractivity contribution in [2.75, 3.05) is 18.2 Å². The van der Waals surface area contributed by atoms with Crippen molar-refractivity contribution in [2.45, 2.75) is 11.3 Å². The van der Waals surface area contributed by atoms with Crippen molar-refractivity contribution in [1.82, 2.24) is 0 Å². The molecule has 0 saturated heterocycles. The molecule has 0 saturated carbocycles. The molecule has 1 heterocycles. The molecule has 2 aliphatic rings. The predicted octanol–water partition coefficient (Wildman–Crippen LogP) is 3.02. The molecule has 0 bridgehead atoms. The number of anilines is 1. The van der Waals surface area contributed by atoms with E-state index in [0.29, 0.717) is 5.75 Å². The van der Waals surface area contributed by atoms with Gasteiger partial charge in [-0.05, 0) is 30.2 Å². The fourth-order valence-electron chi connectivity index (χ4n) is 2.46. The molecule has 0 fully saturated rings. The van der Waals surface area contributed by atoms with Crippen molar-refractivity contribution in [2.24, 2.45) is 11.1 Å². The molecule has 1 atom stereocenters.